The number of benzene rings is 3. The molecule has 0 heterocycles. The van der Waals surface area contributed by atoms with E-state index in [-0.39, 0.29) is 27.1 Å². The number of carbonyl (C=O) groups is 2. The van der Waals surface area contributed by atoms with Gasteiger partial charge in [0.25, 0.3) is 21.8 Å². The summed E-state index contributed by atoms with van der Waals surface area (Å²) in [5.74, 6) is -0.621. The molecule has 3 aromatic rings. The van der Waals surface area contributed by atoms with E-state index in [0.717, 1.165) is 5.56 Å². The number of hydrogen-bond acceptors (Lipinski definition) is 6. The minimum atomic E-state index is -4.14. The van der Waals surface area contributed by atoms with Crippen LogP contribution in [0.15, 0.2) is 65.6 Å². The zero-order valence-corrected chi connectivity index (χ0v) is 21.1. The highest BCUT2D eigenvalue weighted by atomic mass is 35.5. The van der Waals surface area contributed by atoms with Gasteiger partial charge in [-0.15, -0.1) is 0 Å². The molecule has 0 radical (unpaired) electrons. The first-order chi connectivity index (χ1) is 16.6. The summed E-state index contributed by atoms with van der Waals surface area (Å²) in [6, 6.07) is 15.0. The Balaban J connectivity index is 1.62. The van der Waals surface area contributed by atoms with Crippen LogP contribution in [0.1, 0.15) is 26.3 Å². The average Bonchev–Trinajstić information content (AvgIpc) is 2.84. The van der Waals surface area contributed by atoms with E-state index in [1.54, 1.807) is 24.3 Å². The number of carbonyl (C=O) groups excluding carboxylic acids is 2. The Morgan fingerprint density at radius 3 is 1.83 bits per heavy atom. The predicted octanol–water partition coefficient (Wildman–Crippen LogP) is 4.10. The molecule has 0 saturated carbocycles. The predicted molar refractivity (Wildman–Crippen MR) is 133 cm³/mol. The van der Waals surface area contributed by atoms with Crippen molar-refractivity contribution in [3.05, 3.63) is 87.4 Å². The summed E-state index contributed by atoms with van der Waals surface area (Å²) in [5.41, 5.74) is 1.09. The van der Waals surface area contributed by atoms with Crippen LogP contribution in [-0.4, -0.2) is 41.0 Å². The molecule has 0 bridgehead atoms. The van der Waals surface area contributed by atoms with Crippen molar-refractivity contribution < 1.29 is 27.5 Å². The molecule has 0 aliphatic rings. The van der Waals surface area contributed by atoms with Crippen molar-refractivity contribution in [2.75, 3.05) is 20.8 Å². The number of nitrogens with one attached hydrogen (secondary N) is 2. The summed E-state index contributed by atoms with van der Waals surface area (Å²) in [7, 11) is -1.31. The third kappa shape index (κ3) is 6.66. The number of methoxy groups -OCH3 is 2. The van der Waals surface area contributed by atoms with Gasteiger partial charge in [0.2, 0.25) is 0 Å². The van der Waals surface area contributed by atoms with E-state index in [0.29, 0.717) is 29.3 Å². The maximum absolute atomic E-state index is 12.7. The Morgan fingerprint density at radius 1 is 0.800 bits per heavy atom. The molecule has 35 heavy (non-hydrogen) atoms. The van der Waals surface area contributed by atoms with Crippen molar-refractivity contribution in [1.29, 1.82) is 0 Å². The molecule has 184 valence electrons. The molecule has 0 aliphatic carbocycles. The smallest absolute Gasteiger partial charge is 0.268 e. The first-order valence-electron chi connectivity index (χ1n) is 10.3. The molecule has 0 aliphatic heterocycles. The fraction of sp³-hybridized carbons (Fsp3) is 0.167. The second kappa shape index (κ2) is 11.4. The van der Waals surface area contributed by atoms with Crippen molar-refractivity contribution in [3.8, 4) is 11.5 Å². The van der Waals surface area contributed by atoms with Gasteiger partial charge in [0.15, 0.2) is 0 Å². The number of halogens is 2. The van der Waals surface area contributed by atoms with Crippen LogP contribution in [0.4, 0.5) is 0 Å². The average molecular weight is 537 g/mol. The second-order valence-electron chi connectivity index (χ2n) is 7.27. The van der Waals surface area contributed by atoms with Gasteiger partial charge in [-0.2, -0.15) is 0 Å². The minimum Gasteiger partial charge on any atom is -0.496 e. The summed E-state index contributed by atoms with van der Waals surface area (Å²) < 4.78 is 37.7. The molecule has 0 aromatic heterocycles. The van der Waals surface area contributed by atoms with Crippen molar-refractivity contribution in [1.82, 2.24) is 10.0 Å². The zero-order chi connectivity index (χ0) is 25.6. The highest BCUT2D eigenvalue weighted by Gasteiger charge is 2.21. The third-order valence-corrected chi connectivity index (χ3v) is 6.79. The zero-order valence-electron chi connectivity index (χ0n) is 18.8. The molecular formula is C24H22Cl2N2O6S. The molecule has 0 unspecified atom stereocenters. The fourth-order valence-corrected chi connectivity index (χ4v) is 4.51. The van der Waals surface area contributed by atoms with E-state index < -0.39 is 15.9 Å². The van der Waals surface area contributed by atoms with E-state index in [2.05, 4.69) is 5.32 Å². The molecule has 0 atom stereocenters. The van der Waals surface area contributed by atoms with Crippen molar-refractivity contribution in [2.24, 2.45) is 0 Å². The number of ether oxygens (including phenoxy) is 2. The fourth-order valence-electron chi connectivity index (χ4n) is 3.20. The summed E-state index contributed by atoms with van der Waals surface area (Å²) in [6.07, 6.45) is 0.445. The van der Waals surface area contributed by atoms with Gasteiger partial charge in [0.1, 0.15) is 11.5 Å². The summed E-state index contributed by atoms with van der Waals surface area (Å²) in [4.78, 5) is 24.9. The second-order valence-corrected chi connectivity index (χ2v) is 9.83. The van der Waals surface area contributed by atoms with E-state index >= 15 is 0 Å². The molecule has 0 saturated heterocycles. The SMILES string of the molecule is COc1ccc(Cl)cc1C(=O)NCCc1ccc(S(=O)(=O)NC(=O)c2cc(Cl)ccc2OC)cc1. The lowest BCUT2D eigenvalue weighted by Crippen LogP contribution is -2.31. The Labute approximate surface area is 213 Å². The first-order valence-corrected chi connectivity index (χ1v) is 12.5. The van der Waals surface area contributed by atoms with Crippen molar-refractivity contribution in [3.63, 3.8) is 0 Å². The molecule has 2 amide bonds. The lowest BCUT2D eigenvalue weighted by molar-refractivity contribution is 0.0948. The summed E-state index contributed by atoms with van der Waals surface area (Å²) in [5, 5.41) is 3.45. The van der Waals surface area contributed by atoms with Gasteiger partial charge >= 0.3 is 0 Å². The molecule has 0 spiro atoms. The Morgan fingerprint density at radius 2 is 1.31 bits per heavy atom. The molecule has 8 nitrogen and oxygen atoms in total. The van der Waals surface area contributed by atoms with Crippen LogP contribution in [0.3, 0.4) is 0 Å². The van der Waals surface area contributed by atoms with Gasteiger partial charge in [-0.3, -0.25) is 9.59 Å². The number of rotatable bonds is 9. The van der Waals surface area contributed by atoms with Gasteiger partial charge in [-0.25, -0.2) is 13.1 Å². The Kier molecular flexibility index (Phi) is 8.61. The lowest BCUT2D eigenvalue weighted by Gasteiger charge is -2.11. The van der Waals surface area contributed by atoms with Gasteiger partial charge in [0, 0.05) is 16.6 Å². The maximum Gasteiger partial charge on any atom is 0.268 e. The topological polar surface area (TPSA) is 111 Å². The van der Waals surface area contributed by atoms with Gasteiger partial charge in [-0.05, 0) is 60.5 Å². The van der Waals surface area contributed by atoms with Crippen LogP contribution in [0.5, 0.6) is 11.5 Å². The number of hydrogen-bond donors (Lipinski definition) is 2. The highest BCUT2D eigenvalue weighted by Crippen LogP contribution is 2.24. The van der Waals surface area contributed by atoms with Crippen LogP contribution in [0.2, 0.25) is 10.0 Å². The van der Waals surface area contributed by atoms with Crippen LogP contribution < -0.4 is 19.5 Å². The minimum absolute atomic E-state index is 0.00716. The third-order valence-electron chi connectivity index (χ3n) is 4.97. The van der Waals surface area contributed by atoms with E-state index in [1.807, 2.05) is 4.72 Å². The molecule has 11 heteroatoms. The molecular weight excluding hydrogens is 515 g/mol. The van der Waals surface area contributed by atoms with Crippen LogP contribution >= 0.6 is 23.2 Å². The van der Waals surface area contributed by atoms with E-state index in [1.165, 1.54) is 50.6 Å². The molecule has 2 N–H and O–H groups in total. The number of amides is 2. The van der Waals surface area contributed by atoms with Crippen molar-refractivity contribution >= 4 is 45.0 Å². The van der Waals surface area contributed by atoms with Gasteiger partial charge in [-0.1, -0.05) is 35.3 Å². The summed E-state index contributed by atoms with van der Waals surface area (Å²) >= 11 is 11.9. The molecule has 3 rings (SSSR count). The Hall–Kier alpha value is -3.27. The van der Waals surface area contributed by atoms with Crippen LogP contribution in [-0.2, 0) is 16.4 Å². The monoisotopic (exact) mass is 536 g/mol. The summed E-state index contributed by atoms with van der Waals surface area (Å²) in [6.45, 7) is 0.298. The quantitative estimate of drug-likeness (QED) is 0.425. The van der Waals surface area contributed by atoms with Crippen molar-refractivity contribution in [2.45, 2.75) is 11.3 Å². The highest BCUT2D eigenvalue weighted by molar-refractivity contribution is 7.90. The molecule has 0 fully saturated rings. The molecule has 3 aromatic carbocycles. The van der Waals surface area contributed by atoms with Gasteiger partial charge < -0.3 is 14.8 Å². The normalized spacial score (nSPS) is 11.0. The van der Waals surface area contributed by atoms with Crippen LogP contribution in [0.25, 0.3) is 0 Å². The largest absolute Gasteiger partial charge is 0.496 e. The lowest BCUT2D eigenvalue weighted by atomic mass is 10.1. The standard InChI is InChI=1S/C24H22Cl2N2O6S/c1-33-21-9-5-16(25)13-19(21)23(29)27-12-11-15-3-7-18(8-4-15)35(31,32)28-24(30)20-14-17(26)6-10-22(20)34-2/h3-10,13-14H,11-12H2,1-2H3,(H,27,29)(H,28,30). The van der Waals surface area contributed by atoms with Crippen LogP contribution in [0, 0.1) is 0 Å². The Bertz CT molecular complexity index is 1340. The van der Waals surface area contributed by atoms with E-state index in [4.69, 9.17) is 32.7 Å². The van der Waals surface area contributed by atoms with Gasteiger partial charge in [0.05, 0.1) is 30.2 Å². The van der Waals surface area contributed by atoms with E-state index in [9.17, 15) is 18.0 Å². The maximum atomic E-state index is 12.7. The first kappa shape index (κ1) is 26.3. The number of sulfonamides is 1.